The Kier molecular flexibility index (Phi) is 4.55. The van der Waals surface area contributed by atoms with Crippen molar-refractivity contribution >= 4 is 49.9 Å². The molecule has 0 atom stereocenters. The van der Waals surface area contributed by atoms with E-state index in [0.717, 1.165) is 50.9 Å². The van der Waals surface area contributed by atoms with Crippen molar-refractivity contribution in [3.63, 3.8) is 0 Å². The molecule has 0 spiro atoms. The lowest BCUT2D eigenvalue weighted by Gasteiger charge is -2.33. The summed E-state index contributed by atoms with van der Waals surface area (Å²) in [6.45, 7) is 0. The van der Waals surface area contributed by atoms with Gasteiger partial charge in [-0.1, -0.05) is 60.7 Å². The van der Waals surface area contributed by atoms with Crippen LogP contribution < -0.4 is 4.90 Å². The maximum Gasteiger partial charge on any atom is 0.145 e. The van der Waals surface area contributed by atoms with Crippen molar-refractivity contribution < 1.29 is 0 Å². The number of rotatable bonds is 3. The number of hydrogen-bond donors (Lipinski definition) is 0. The minimum absolute atomic E-state index is 0.918. The van der Waals surface area contributed by atoms with Gasteiger partial charge in [0.2, 0.25) is 0 Å². The maximum atomic E-state index is 5.11. The number of fused-ring (bicyclic) bond motifs is 5. The van der Waals surface area contributed by atoms with Crippen molar-refractivity contribution in [3.05, 3.63) is 140 Å². The van der Waals surface area contributed by atoms with Crippen molar-refractivity contribution in [1.82, 2.24) is 19.1 Å². The molecule has 192 valence electrons. The van der Waals surface area contributed by atoms with Crippen molar-refractivity contribution in [2.75, 3.05) is 4.90 Å². The van der Waals surface area contributed by atoms with Gasteiger partial charge in [0, 0.05) is 40.1 Å². The molecule has 1 aliphatic rings. The lowest BCUT2D eigenvalue weighted by Crippen LogP contribution is -2.18. The summed E-state index contributed by atoms with van der Waals surface area (Å²) >= 11 is 0. The second-order valence-corrected chi connectivity index (χ2v) is 10.4. The molecular formula is C36H23N5. The second-order valence-electron chi connectivity index (χ2n) is 10.4. The fourth-order valence-electron chi connectivity index (χ4n) is 6.44. The topological polar surface area (TPSA) is 38.9 Å². The second kappa shape index (κ2) is 8.41. The number of hydrogen-bond acceptors (Lipinski definition) is 3. The lowest BCUT2D eigenvalue weighted by atomic mass is 10.1. The number of benzene rings is 5. The Morgan fingerprint density at radius 1 is 0.488 bits per heavy atom. The highest BCUT2D eigenvalue weighted by molar-refractivity contribution is 6.09. The molecule has 5 heteroatoms. The van der Waals surface area contributed by atoms with Gasteiger partial charge in [0.25, 0.3) is 0 Å². The first-order chi connectivity index (χ1) is 20.4. The Morgan fingerprint density at radius 3 is 1.90 bits per heavy atom. The van der Waals surface area contributed by atoms with Crippen LogP contribution in [-0.2, 0) is 0 Å². The Bertz CT molecular complexity index is 2220. The molecule has 0 saturated carbocycles. The van der Waals surface area contributed by atoms with Crippen LogP contribution in [0.1, 0.15) is 0 Å². The van der Waals surface area contributed by atoms with Crippen LogP contribution in [0.2, 0.25) is 0 Å². The molecular weight excluding hydrogens is 502 g/mol. The SMILES string of the molecule is c1cc(N2c3ccccc3-n3c(-c4ccncc4)nc4cccc2c43)cc(-n2c3ccccc3c3ccccc32)c1. The third-order valence-corrected chi connectivity index (χ3v) is 8.12. The van der Waals surface area contributed by atoms with Gasteiger partial charge in [0.05, 0.1) is 39.1 Å². The molecule has 1 aliphatic heterocycles. The van der Waals surface area contributed by atoms with Crippen LogP contribution in [0, 0.1) is 0 Å². The summed E-state index contributed by atoms with van der Waals surface area (Å²) in [7, 11) is 0. The van der Waals surface area contributed by atoms with E-state index in [2.05, 4.69) is 134 Å². The molecule has 0 radical (unpaired) electrons. The van der Waals surface area contributed by atoms with E-state index in [-0.39, 0.29) is 0 Å². The van der Waals surface area contributed by atoms with E-state index in [1.807, 2.05) is 24.5 Å². The summed E-state index contributed by atoms with van der Waals surface area (Å²) < 4.78 is 4.67. The van der Waals surface area contributed by atoms with Crippen molar-refractivity contribution in [1.29, 1.82) is 0 Å². The Morgan fingerprint density at radius 2 is 1.12 bits per heavy atom. The van der Waals surface area contributed by atoms with Crippen LogP contribution >= 0.6 is 0 Å². The number of aromatic nitrogens is 4. The lowest BCUT2D eigenvalue weighted by molar-refractivity contribution is 1.06. The van der Waals surface area contributed by atoms with E-state index in [1.54, 1.807) is 0 Å². The van der Waals surface area contributed by atoms with Gasteiger partial charge in [-0.15, -0.1) is 0 Å². The first-order valence-corrected chi connectivity index (χ1v) is 13.8. The molecule has 0 amide bonds. The number of nitrogens with zero attached hydrogens (tertiary/aromatic N) is 5. The summed E-state index contributed by atoms with van der Waals surface area (Å²) in [4.78, 5) is 11.7. The van der Waals surface area contributed by atoms with Crippen molar-refractivity contribution in [3.8, 4) is 22.8 Å². The zero-order chi connectivity index (χ0) is 26.9. The minimum Gasteiger partial charge on any atom is -0.309 e. The van der Waals surface area contributed by atoms with Crippen molar-refractivity contribution in [2.45, 2.75) is 0 Å². The van der Waals surface area contributed by atoms with Gasteiger partial charge in [-0.25, -0.2) is 4.98 Å². The van der Waals surface area contributed by atoms with Crippen LogP contribution in [0.5, 0.6) is 0 Å². The van der Waals surface area contributed by atoms with Crippen LogP contribution in [0.25, 0.3) is 55.6 Å². The smallest absolute Gasteiger partial charge is 0.145 e. The maximum absolute atomic E-state index is 5.11. The average molecular weight is 526 g/mol. The van der Waals surface area contributed by atoms with Gasteiger partial charge in [-0.2, -0.15) is 0 Å². The highest BCUT2D eigenvalue weighted by Crippen LogP contribution is 2.48. The number of para-hydroxylation sites is 5. The van der Waals surface area contributed by atoms with E-state index >= 15 is 0 Å². The van der Waals surface area contributed by atoms with E-state index in [1.165, 1.54) is 21.8 Å². The van der Waals surface area contributed by atoms with Crippen LogP contribution in [0.3, 0.4) is 0 Å². The minimum atomic E-state index is 0.918. The van der Waals surface area contributed by atoms with E-state index in [9.17, 15) is 0 Å². The molecule has 9 rings (SSSR count). The zero-order valence-electron chi connectivity index (χ0n) is 22.0. The van der Waals surface area contributed by atoms with Crippen LogP contribution in [0.15, 0.2) is 140 Å². The highest BCUT2D eigenvalue weighted by atomic mass is 15.2. The molecule has 0 saturated heterocycles. The molecule has 0 aliphatic carbocycles. The number of imidazole rings is 1. The summed E-state index contributed by atoms with van der Waals surface area (Å²) in [6.07, 6.45) is 3.65. The molecule has 0 N–H and O–H groups in total. The Balaban J connectivity index is 1.31. The summed E-state index contributed by atoms with van der Waals surface area (Å²) in [6, 6.07) is 45.2. The molecule has 5 aromatic carbocycles. The first kappa shape index (κ1) is 22.2. The van der Waals surface area contributed by atoms with E-state index < -0.39 is 0 Å². The van der Waals surface area contributed by atoms with Gasteiger partial charge >= 0.3 is 0 Å². The zero-order valence-corrected chi connectivity index (χ0v) is 22.0. The molecule has 3 aromatic heterocycles. The van der Waals surface area contributed by atoms with Gasteiger partial charge in [0.15, 0.2) is 0 Å². The van der Waals surface area contributed by atoms with Crippen molar-refractivity contribution in [2.24, 2.45) is 0 Å². The predicted molar refractivity (Wildman–Crippen MR) is 167 cm³/mol. The van der Waals surface area contributed by atoms with Gasteiger partial charge in [-0.3, -0.25) is 9.55 Å². The van der Waals surface area contributed by atoms with E-state index in [4.69, 9.17) is 4.98 Å². The normalized spacial score (nSPS) is 12.3. The molecule has 8 aromatic rings. The average Bonchev–Trinajstić information content (AvgIpc) is 3.59. The Labute approximate surface area is 236 Å². The van der Waals surface area contributed by atoms with E-state index in [0.29, 0.717) is 0 Å². The van der Waals surface area contributed by atoms with Gasteiger partial charge in [0.1, 0.15) is 5.82 Å². The van der Waals surface area contributed by atoms with Gasteiger partial charge in [-0.05, 0) is 66.7 Å². The predicted octanol–water partition coefficient (Wildman–Crippen LogP) is 8.97. The highest BCUT2D eigenvalue weighted by Gasteiger charge is 2.29. The number of pyridine rings is 1. The van der Waals surface area contributed by atoms with Crippen LogP contribution in [-0.4, -0.2) is 19.1 Å². The summed E-state index contributed by atoms with van der Waals surface area (Å²) in [5.74, 6) is 0.918. The fourth-order valence-corrected chi connectivity index (χ4v) is 6.44. The standard InChI is InChI=1S/C36H23N5/c1-3-14-30-27(11-1)28-12-2-4-15-31(28)39(30)25-9-7-10-26(23-25)40-32-16-5-6-17-33(32)41-35-29(13-8-18-34(35)40)38-36(41)24-19-21-37-22-20-24/h1-23H. The molecule has 0 bridgehead atoms. The molecule has 0 unspecified atom stereocenters. The molecule has 4 heterocycles. The largest absolute Gasteiger partial charge is 0.309 e. The summed E-state index contributed by atoms with van der Waals surface area (Å²) in [5.41, 5.74) is 11.0. The van der Waals surface area contributed by atoms with Crippen LogP contribution in [0.4, 0.5) is 17.1 Å². The number of anilines is 3. The van der Waals surface area contributed by atoms with Gasteiger partial charge < -0.3 is 9.47 Å². The quantitative estimate of drug-likeness (QED) is 0.231. The Hall–Kier alpha value is -5.68. The summed E-state index contributed by atoms with van der Waals surface area (Å²) in [5, 5.41) is 2.52. The molecule has 0 fully saturated rings. The molecule has 41 heavy (non-hydrogen) atoms. The third-order valence-electron chi connectivity index (χ3n) is 8.12. The monoisotopic (exact) mass is 525 g/mol. The first-order valence-electron chi connectivity index (χ1n) is 13.8. The fraction of sp³-hybridized carbons (Fsp3) is 0. The third kappa shape index (κ3) is 3.11. The molecule has 5 nitrogen and oxygen atoms in total.